The summed E-state index contributed by atoms with van der Waals surface area (Å²) in [4.78, 5) is 4.72. The first-order chi connectivity index (χ1) is 25.8. The molecule has 9 aromatic rings. The molecule has 0 unspecified atom stereocenters. The second-order valence-corrected chi connectivity index (χ2v) is 13.0. The first-order valence-electron chi connectivity index (χ1n) is 17.8. The van der Waals surface area contributed by atoms with E-state index in [-0.39, 0.29) is 0 Å². The zero-order chi connectivity index (χ0) is 34.7. The minimum atomic E-state index is 1.10. The van der Waals surface area contributed by atoms with Gasteiger partial charge in [-0.25, -0.2) is 0 Å². The van der Waals surface area contributed by atoms with Crippen LogP contribution >= 0.6 is 0 Å². The van der Waals surface area contributed by atoms with Crippen LogP contribution < -0.4 is 9.80 Å². The Hall–Kier alpha value is -6.90. The van der Waals surface area contributed by atoms with Crippen LogP contribution in [0.25, 0.3) is 43.8 Å². The first-order valence-corrected chi connectivity index (χ1v) is 17.8. The Morgan fingerprint density at radius 1 is 0.231 bits per heavy atom. The number of rotatable bonds is 8. The van der Waals surface area contributed by atoms with E-state index < -0.39 is 0 Å². The molecule has 0 N–H and O–H groups in total. The van der Waals surface area contributed by atoms with E-state index in [4.69, 9.17) is 0 Å². The Kier molecular flexibility index (Phi) is 8.24. The van der Waals surface area contributed by atoms with Gasteiger partial charge in [0.05, 0.1) is 5.69 Å². The summed E-state index contributed by atoms with van der Waals surface area (Å²) in [7, 11) is 0. The van der Waals surface area contributed by atoms with Crippen LogP contribution in [-0.4, -0.2) is 0 Å². The molecule has 0 aromatic heterocycles. The van der Waals surface area contributed by atoms with E-state index in [9.17, 15) is 0 Å². The van der Waals surface area contributed by atoms with E-state index in [1.54, 1.807) is 0 Å². The Morgan fingerprint density at radius 3 is 1.17 bits per heavy atom. The Morgan fingerprint density at radius 2 is 0.654 bits per heavy atom. The maximum atomic E-state index is 2.37. The zero-order valence-electron chi connectivity index (χ0n) is 28.7. The van der Waals surface area contributed by atoms with Gasteiger partial charge in [0.15, 0.2) is 0 Å². The molecule has 0 radical (unpaired) electrons. The maximum Gasteiger partial charge on any atom is 0.0540 e. The molecule has 2 heteroatoms. The third-order valence-electron chi connectivity index (χ3n) is 9.83. The molecule has 246 valence electrons. The average molecular weight is 665 g/mol. The number of anilines is 6. The van der Waals surface area contributed by atoms with Crippen LogP contribution in [0.3, 0.4) is 0 Å². The summed E-state index contributed by atoms with van der Waals surface area (Å²) < 4.78 is 0. The number of para-hydroxylation sites is 2. The molecule has 0 bridgehead atoms. The number of hydrogen-bond donors (Lipinski definition) is 0. The second kappa shape index (κ2) is 13.8. The quantitative estimate of drug-likeness (QED) is 0.149. The molecular weight excluding hydrogens is 629 g/mol. The first kappa shape index (κ1) is 31.1. The summed E-state index contributed by atoms with van der Waals surface area (Å²) >= 11 is 0. The van der Waals surface area contributed by atoms with Gasteiger partial charge in [-0.15, -0.1) is 0 Å². The van der Waals surface area contributed by atoms with Gasteiger partial charge in [-0.2, -0.15) is 0 Å². The highest BCUT2D eigenvalue weighted by Gasteiger charge is 2.18. The minimum absolute atomic E-state index is 1.10. The molecule has 0 spiro atoms. The van der Waals surface area contributed by atoms with Crippen LogP contribution in [0.2, 0.25) is 0 Å². The van der Waals surface area contributed by atoms with Gasteiger partial charge in [0, 0.05) is 33.8 Å². The van der Waals surface area contributed by atoms with Gasteiger partial charge in [0.2, 0.25) is 0 Å². The van der Waals surface area contributed by atoms with Crippen molar-refractivity contribution < 1.29 is 0 Å². The third-order valence-corrected chi connectivity index (χ3v) is 9.83. The van der Waals surface area contributed by atoms with Crippen molar-refractivity contribution in [3.8, 4) is 22.3 Å². The van der Waals surface area contributed by atoms with Gasteiger partial charge in [0.1, 0.15) is 0 Å². The van der Waals surface area contributed by atoms with Gasteiger partial charge in [0.25, 0.3) is 0 Å². The van der Waals surface area contributed by atoms with Gasteiger partial charge in [-0.05, 0) is 105 Å². The van der Waals surface area contributed by atoms with Crippen molar-refractivity contribution in [2.75, 3.05) is 9.80 Å². The molecule has 0 aliphatic carbocycles. The van der Waals surface area contributed by atoms with E-state index in [0.717, 1.165) is 34.1 Å². The molecule has 0 aliphatic heterocycles. The van der Waals surface area contributed by atoms with Gasteiger partial charge in [-0.3, -0.25) is 0 Å². The largest absolute Gasteiger partial charge is 0.310 e. The monoisotopic (exact) mass is 664 g/mol. The average Bonchev–Trinajstić information content (AvgIpc) is 3.23. The molecule has 0 fully saturated rings. The van der Waals surface area contributed by atoms with Crippen molar-refractivity contribution in [3.05, 3.63) is 218 Å². The van der Waals surface area contributed by atoms with Gasteiger partial charge < -0.3 is 9.80 Å². The smallest absolute Gasteiger partial charge is 0.0540 e. The van der Waals surface area contributed by atoms with Gasteiger partial charge >= 0.3 is 0 Å². The highest BCUT2D eigenvalue weighted by atomic mass is 15.1. The van der Waals surface area contributed by atoms with Crippen molar-refractivity contribution in [2.45, 2.75) is 0 Å². The van der Waals surface area contributed by atoms with E-state index in [0.29, 0.717) is 0 Å². The lowest BCUT2D eigenvalue weighted by Gasteiger charge is -2.28. The predicted molar refractivity (Wildman–Crippen MR) is 222 cm³/mol. The van der Waals surface area contributed by atoms with Crippen LogP contribution in [0, 0.1) is 0 Å². The van der Waals surface area contributed by atoms with Crippen LogP contribution in [-0.2, 0) is 0 Å². The van der Waals surface area contributed by atoms with Crippen molar-refractivity contribution in [1.29, 1.82) is 0 Å². The van der Waals surface area contributed by atoms with Crippen LogP contribution in [0.1, 0.15) is 0 Å². The fraction of sp³-hybridized carbons (Fsp3) is 0. The zero-order valence-corrected chi connectivity index (χ0v) is 28.7. The number of fused-ring (bicyclic) bond motifs is 3. The van der Waals surface area contributed by atoms with Crippen molar-refractivity contribution in [3.63, 3.8) is 0 Å². The molecule has 0 heterocycles. The SMILES string of the molecule is c1ccc(-c2ccc(N(c3ccc(-c4ccccc4)cc3)c3ccc4ccc5c(N(c6ccccc6)c6ccccc6)cccc5c4c3)cc2)cc1. The fourth-order valence-corrected chi connectivity index (χ4v) is 7.29. The highest BCUT2D eigenvalue weighted by molar-refractivity contribution is 6.13. The summed E-state index contributed by atoms with van der Waals surface area (Å²) in [5.41, 5.74) is 11.5. The molecule has 0 atom stereocenters. The van der Waals surface area contributed by atoms with Crippen LogP contribution in [0.4, 0.5) is 34.1 Å². The molecule has 9 rings (SSSR count). The van der Waals surface area contributed by atoms with E-state index in [1.165, 1.54) is 43.8 Å². The second-order valence-electron chi connectivity index (χ2n) is 13.0. The lowest BCUT2D eigenvalue weighted by atomic mass is 9.98. The Labute approximate surface area is 305 Å². The number of hydrogen-bond acceptors (Lipinski definition) is 2. The number of nitrogens with zero attached hydrogens (tertiary/aromatic N) is 2. The predicted octanol–water partition coefficient (Wildman–Crippen LogP) is 14.3. The van der Waals surface area contributed by atoms with Crippen molar-refractivity contribution >= 4 is 55.7 Å². The fourth-order valence-electron chi connectivity index (χ4n) is 7.29. The van der Waals surface area contributed by atoms with E-state index >= 15 is 0 Å². The minimum Gasteiger partial charge on any atom is -0.310 e. The van der Waals surface area contributed by atoms with Crippen molar-refractivity contribution in [1.82, 2.24) is 0 Å². The Bertz CT molecular complexity index is 2460. The summed E-state index contributed by atoms with van der Waals surface area (Å²) in [6.07, 6.45) is 0. The molecule has 0 saturated heterocycles. The molecule has 9 aromatic carbocycles. The maximum absolute atomic E-state index is 2.37. The lowest BCUT2D eigenvalue weighted by molar-refractivity contribution is 1.29. The number of benzene rings is 9. The third kappa shape index (κ3) is 5.97. The van der Waals surface area contributed by atoms with Gasteiger partial charge in [-0.1, -0.05) is 152 Å². The van der Waals surface area contributed by atoms with E-state index in [1.807, 2.05) is 0 Å². The van der Waals surface area contributed by atoms with E-state index in [2.05, 4.69) is 228 Å². The molecule has 2 nitrogen and oxygen atoms in total. The molecule has 52 heavy (non-hydrogen) atoms. The van der Waals surface area contributed by atoms with Crippen LogP contribution in [0.15, 0.2) is 218 Å². The summed E-state index contributed by atoms with van der Waals surface area (Å²) in [6, 6.07) is 78.3. The molecule has 0 aliphatic rings. The van der Waals surface area contributed by atoms with Crippen LogP contribution in [0.5, 0.6) is 0 Å². The topological polar surface area (TPSA) is 6.48 Å². The lowest BCUT2D eigenvalue weighted by Crippen LogP contribution is -2.10. The summed E-state index contributed by atoms with van der Waals surface area (Å²) in [6.45, 7) is 0. The van der Waals surface area contributed by atoms with Crippen molar-refractivity contribution in [2.24, 2.45) is 0 Å². The molecular formula is C50H36N2. The molecule has 0 amide bonds. The molecule has 0 saturated carbocycles. The summed E-state index contributed by atoms with van der Waals surface area (Å²) in [5.74, 6) is 0. The summed E-state index contributed by atoms with van der Waals surface area (Å²) in [5, 5.41) is 4.83. The highest BCUT2D eigenvalue weighted by Crippen LogP contribution is 2.43. The standard InChI is InChI=1S/C50H36N2/c1-5-14-37(15-6-1)39-24-30-44(31-25-39)51(45-32-26-40(27-33-45)38-16-7-2-8-17-38)46-34-28-41-29-35-48-47(49(41)36-46)22-13-23-50(48)52(42-18-9-3-10-19-42)43-20-11-4-12-21-43/h1-36H. The Balaban J connectivity index is 1.19. The normalized spacial score (nSPS) is 11.1.